The lowest BCUT2D eigenvalue weighted by Crippen LogP contribution is -2.43. The third kappa shape index (κ3) is 5.62. The molecule has 7 heavy (non-hydrogen) atoms. The Balaban J connectivity index is 0. The molecule has 0 aromatic carbocycles. The van der Waals surface area contributed by atoms with Gasteiger partial charge in [-0.05, 0) is 0 Å². The topological polar surface area (TPSA) is 93.2 Å². The molecule has 0 aliphatic heterocycles. The summed E-state index contributed by atoms with van der Waals surface area (Å²) in [6.45, 7) is 0. The summed E-state index contributed by atoms with van der Waals surface area (Å²) in [7, 11) is 0. The van der Waals surface area contributed by atoms with E-state index in [1.807, 2.05) is 0 Å². The summed E-state index contributed by atoms with van der Waals surface area (Å²) >= 11 is 0. The van der Waals surface area contributed by atoms with Gasteiger partial charge >= 0.3 is 6.03 Å². The van der Waals surface area contributed by atoms with Gasteiger partial charge in [0, 0.05) is 0 Å². The highest BCUT2D eigenvalue weighted by Crippen LogP contribution is 1.42. The third-order valence-corrected chi connectivity index (χ3v) is 0.262. The standard InChI is InChI=1S/CH6N4O.H3P/c2-4-1(6)5-3;/h2-3H2,(H2,4,5,6);1H3. The number of nitrogens with one attached hydrogen (secondary N) is 2. The molecule has 1 unspecified atom stereocenters. The van der Waals surface area contributed by atoms with Crippen molar-refractivity contribution < 1.29 is 4.79 Å². The summed E-state index contributed by atoms with van der Waals surface area (Å²) < 4.78 is 0. The normalized spacial score (nSPS) is 6.00. The van der Waals surface area contributed by atoms with Crippen molar-refractivity contribution in [3.8, 4) is 0 Å². The fraction of sp³-hybridized carbons (Fsp3) is 0. The molecule has 0 spiro atoms. The smallest absolute Gasteiger partial charge is 0.275 e. The van der Waals surface area contributed by atoms with Crippen LogP contribution in [-0.2, 0) is 0 Å². The Morgan fingerprint density at radius 1 is 1.29 bits per heavy atom. The quantitative estimate of drug-likeness (QED) is 0.131. The molecule has 0 aromatic rings. The van der Waals surface area contributed by atoms with Crippen molar-refractivity contribution in [3.05, 3.63) is 0 Å². The van der Waals surface area contributed by atoms with E-state index in [0.29, 0.717) is 0 Å². The van der Waals surface area contributed by atoms with E-state index in [0.717, 1.165) is 0 Å². The second kappa shape index (κ2) is 5.62. The Morgan fingerprint density at radius 3 is 1.57 bits per heavy atom. The Bertz CT molecular complexity index is 49.7. The second-order valence-corrected chi connectivity index (χ2v) is 0.618. The molecule has 2 amide bonds. The van der Waals surface area contributed by atoms with E-state index in [1.165, 1.54) is 0 Å². The van der Waals surface area contributed by atoms with Crippen LogP contribution in [0.3, 0.4) is 0 Å². The Labute approximate surface area is 44.4 Å². The zero-order chi connectivity index (χ0) is 4.99. The van der Waals surface area contributed by atoms with E-state index in [9.17, 15) is 4.79 Å². The maximum absolute atomic E-state index is 9.71. The van der Waals surface area contributed by atoms with Crippen molar-refractivity contribution in [2.75, 3.05) is 0 Å². The molecule has 5 nitrogen and oxygen atoms in total. The number of hydrogen-bond acceptors (Lipinski definition) is 3. The van der Waals surface area contributed by atoms with Gasteiger partial charge in [0.05, 0.1) is 0 Å². The largest absolute Gasteiger partial charge is 0.343 e. The lowest BCUT2D eigenvalue weighted by molar-refractivity contribution is 0.241. The Morgan fingerprint density at radius 2 is 1.57 bits per heavy atom. The number of carbonyl (C=O) groups excluding carboxylic acids is 1. The van der Waals surface area contributed by atoms with Crippen LogP contribution in [0.15, 0.2) is 0 Å². The third-order valence-electron chi connectivity index (χ3n) is 0.262. The van der Waals surface area contributed by atoms with Crippen LogP contribution in [0.1, 0.15) is 0 Å². The molecule has 0 saturated carbocycles. The predicted molar refractivity (Wildman–Crippen MR) is 31.1 cm³/mol. The molecule has 0 aliphatic rings. The van der Waals surface area contributed by atoms with Crippen molar-refractivity contribution in [1.29, 1.82) is 0 Å². The number of hydrogen-bond donors (Lipinski definition) is 4. The predicted octanol–water partition coefficient (Wildman–Crippen LogP) is -1.91. The van der Waals surface area contributed by atoms with E-state index in [1.54, 1.807) is 10.9 Å². The Kier molecular flexibility index (Phi) is 7.86. The number of nitrogens with two attached hydrogens (primary N) is 2. The zero-order valence-electron chi connectivity index (χ0n) is 3.77. The highest BCUT2D eigenvalue weighted by molar-refractivity contribution is 6.92. The van der Waals surface area contributed by atoms with Crippen molar-refractivity contribution in [2.24, 2.45) is 11.7 Å². The first-order chi connectivity index (χ1) is 2.81. The highest BCUT2D eigenvalue weighted by Gasteiger charge is 1.82. The van der Waals surface area contributed by atoms with Gasteiger partial charge in [-0.15, -0.1) is 0 Å². The number of rotatable bonds is 0. The minimum Gasteiger partial charge on any atom is -0.275 e. The zero-order valence-corrected chi connectivity index (χ0v) is 5.18. The molecule has 0 fully saturated rings. The molecule has 6 N–H and O–H groups in total. The van der Waals surface area contributed by atoms with Gasteiger partial charge in [0.2, 0.25) is 0 Å². The first-order valence-corrected chi connectivity index (χ1v) is 1.28. The molecule has 0 radical (unpaired) electrons. The number of amides is 2. The number of urea groups is 1. The average molecular weight is 124 g/mol. The first-order valence-electron chi connectivity index (χ1n) is 1.28. The van der Waals surface area contributed by atoms with Gasteiger partial charge in [0.15, 0.2) is 0 Å². The molecule has 0 rings (SSSR count). The van der Waals surface area contributed by atoms with Gasteiger partial charge in [-0.1, -0.05) is 0 Å². The monoisotopic (exact) mass is 124 g/mol. The Hall–Kier alpha value is -0.380. The summed E-state index contributed by atoms with van der Waals surface area (Å²) in [4.78, 5) is 9.71. The van der Waals surface area contributed by atoms with Crippen LogP contribution < -0.4 is 22.5 Å². The lowest BCUT2D eigenvalue weighted by Gasteiger charge is -1.90. The first kappa shape index (κ1) is 9.80. The maximum atomic E-state index is 9.71. The van der Waals surface area contributed by atoms with E-state index < -0.39 is 6.03 Å². The van der Waals surface area contributed by atoms with Crippen LogP contribution in [0.2, 0.25) is 0 Å². The SMILES string of the molecule is NNC(=O)NN.P. The van der Waals surface area contributed by atoms with Crippen LogP contribution in [-0.4, -0.2) is 6.03 Å². The summed E-state index contributed by atoms with van der Waals surface area (Å²) in [5, 5.41) is 0. The van der Waals surface area contributed by atoms with Crippen molar-refractivity contribution in [3.63, 3.8) is 0 Å². The fourth-order valence-electron chi connectivity index (χ4n) is 0.0417. The van der Waals surface area contributed by atoms with Gasteiger partial charge in [-0.3, -0.25) is 10.9 Å². The molecular formula is CH9N4OP. The van der Waals surface area contributed by atoms with E-state index in [4.69, 9.17) is 0 Å². The van der Waals surface area contributed by atoms with Crippen LogP contribution in [0.5, 0.6) is 0 Å². The van der Waals surface area contributed by atoms with Crippen LogP contribution in [0, 0.1) is 0 Å². The minimum absolute atomic E-state index is 0. The molecule has 0 bridgehead atoms. The van der Waals surface area contributed by atoms with Gasteiger partial charge < -0.3 is 0 Å². The molecule has 44 valence electrons. The maximum Gasteiger partial charge on any atom is 0.343 e. The van der Waals surface area contributed by atoms with Crippen molar-refractivity contribution in [2.45, 2.75) is 0 Å². The van der Waals surface area contributed by atoms with E-state index >= 15 is 0 Å². The lowest BCUT2D eigenvalue weighted by atomic mass is 11.1. The van der Waals surface area contributed by atoms with Gasteiger partial charge in [-0.2, -0.15) is 9.90 Å². The number of carbonyl (C=O) groups is 1. The summed E-state index contributed by atoms with van der Waals surface area (Å²) in [5.41, 5.74) is 3.48. The molecule has 0 saturated heterocycles. The molecule has 0 heterocycles. The van der Waals surface area contributed by atoms with E-state index in [2.05, 4.69) is 11.7 Å². The second-order valence-electron chi connectivity index (χ2n) is 0.618. The van der Waals surface area contributed by atoms with E-state index in [-0.39, 0.29) is 9.90 Å². The number of hydrazine groups is 2. The highest BCUT2D eigenvalue weighted by atomic mass is 31.0. The summed E-state index contributed by atoms with van der Waals surface area (Å²) in [6, 6.07) is -0.602. The molecular weight excluding hydrogens is 115 g/mol. The van der Waals surface area contributed by atoms with Crippen LogP contribution in [0.25, 0.3) is 0 Å². The minimum atomic E-state index is -0.602. The van der Waals surface area contributed by atoms with Crippen molar-refractivity contribution in [1.82, 2.24) is 10.9 Å². The molecule has 0 aliphatic carbocycles. The van der Waals surface area contributed by atoms with Crippen molar-refractivity contribution >= 4 is 15.9 Å². The van der Waals surface area contributed by atoms with Gasteiger partial charge in [0.1, 0.15) is 0 Å². The van der Waals surface area contributed by atoms with Gasteiger partial charge in [0.25, 0.3) is 0 Å². The van der Waals surface area contributed by atoms with Gasteiger partial charge in [-0.25, -0.2) is 16.5 Å². The van der Waals surface area contributed by atoms with Crippen LogP contribution >= 0.6 is 9.90 Å². The average Bonchev–Trinajstić information content (AvgIpc) is 1.65. The van der Waals surface area contributed by atoms with Crippen LogP contribution in [0.4, 0.5) is 4.79 Å². The molecule has 1 atom stereocenters. The fourth-order valence-corrected chi connectivity index (χ4v) is 0.0417. The summed E-state index contributed by atoms with van der Waals surface area (Å²) in [5.74, 6) is 9.08. The molecule has 0 aromatic heterocycles. The molecule has 6 heteroatoms. The summed E-state index contributed by atoms with van der Waals surface area (Å²) in [6.07, 6.45) is 0.